The van der Waals surface area contributed by atoms with Crippen molar-refractivity contribution < 1.29 is 23.9 Å². The second-order valence-electron chi connectivity index (χ2n) is 6.42. The fourth-order valence-electron chi connectivity index (χ4n) is 2.92. The molecule has 1 aromatic heterocycles. The highest BCUT2D eigenvalue weighted by Crippen LogP contribution is 2.20. The van der Waals surface area contributed by atoms with Crippen LogP contribution in [0.3, 0.4) is 0 Å². The van der Waals surface area contributed by atoms with Crippen molar-refractivity contribution in [2.75, 3.05) is 25.7 Å². The van der Waals surface area contributed by atoms with Crippen molar-refractivity contribution in [3.05, 3.63) is 64.0 Å². The predicted octanol–water partition coefficient (Wildman–Crippen LogP) is 3.77. The van der Waals surface area contributed by atoms with Crippen LogP contribution in [0.15, 0.2) is 47.5 Å². The van der Waals surface area contributed by atoms with Crippen LogP contribution in [0, 0.1) is 0 Å². The molecule has 0 N–H and O–H groups in total. The number of fused-ring (bicyclic) bond motifs is 1. The standard InChI is InChI=1S/C22H22N2O5S2/c1-4-29-21(27)16-9-10-17-18(13-16)31-22(24(17)11-12-30-3)23-19(25)14-5-7-15(8-6-14)20(26)28-2/h5-10,13H,4,11-12H2,1-3H3. The number of hydrogen-bond donors (Lipinski definition) is 0. The Morgan fingerprint density at radius 1 is 1.03 bits per heavy atom. The largest absolute Gasteiger partial charge is 0.465 e. The molecule has 9 heteroatoms. The SMILES string of the molecule is CCOC(=O)c1ccc2c(c1)sc(=NC(=O)c1ccc(C(=O)OC)cc1)n2CCSC. The first kappa shape index (κ1) is 22.8. The summed E-state index contributed by atoms with van der Waals surface area (Å²) in [6.07, 6.45) is 2.01. The van der Waals surface area contributed by atoms with Crippen molar-refractivity contribution >= 4 is 51.2 Å². The predicted molar refractivity (Wildman–Crippen MR) is 122 cm³/mol. The van der Waals surface area contributed by atoms with Gasteiger partial charge in [-0.25, -0.2) is 9.59 Å². The Balaban J connectivity index is 2.01. The number of thioether (sulfide) groups is 1. The minimum atomic E-state index is -0.465. The maximum Gasteiger partial charge on any atom is 0.338 e. The molecular weight excluding hydrogens is 436 g/mol. The summed E-state index contributed by atoms with van der Waals surface area (Å²) in [5, 5.41) is 0. The molecule has 0 saturated heterocycles. The zero-order valence-electron chi connectivity index (χ0n) is 17.4. The van der Waals surface area contributed by atoms with Gasteiger partial charge in [0.1, 0.15) is 0 Å². The highest BCUT2D eigenvalue weighted by molar-refractivity contribution is 7.98. The van der Waals surface area contributed by atoms with Gasteiger partial charge in [-0.15, -0.1) is 0 Å². The van der Waals surface area contributed by atoms with Crippen LogP contribution in [0.5, 0.6) is 0 Å². The number of amides is 1. The summed E-state index contributed by atoms with van der Waals surface area (Å²) in [4.78, 5) is 41.3. The average Bonchev–Trinajstić information content (AvgIpc) is 3.13. The molecular formula is C22H22N2O5S2. The maximum atomic E-state index is 12.8. The number of ether oxygens (including phenoxy) is 2. The lowest BCUT2D eigenvalue weighted by Gasteiger charge is -2.05. The molecule has 0 aliphatic rings. The first-order valence-corrected chi connectivity index (χ1v) is 11.8. The number of thiazole rings is 1. The number of methoxy groups -OCH3 is 1. The van der Waals surface area contributed by atoms with Gasteiger partial charge in [0, 0.05) is 17.9 Å². The van der Waals surface area contributed by atoms with E-state index in [1.807, 2.05) is 16.9 Å². The lowest BCUT2D eigenvalue weighted by atomic mass is 10.1. The van der Waals surface area contributed by atoms with Crippen molar-refractivity contribution in [3.8, 4) is 0 Å². The second-order valence-corrected chi connectivity index (χ2v) is 8.41. The van der Waals surface area contributed by atoms with Crippen LogP contribution in [0.1, 0.15) is 38.0 Å². The first-order chi connectivity index (χ1) is 15.0. The fraction of sp³-hybridized carbons (Fsp3) is 0.273. The Morgan fingerprint density at radius 3 is 2.35 bits per heavy atom. The molecule has 0 aliphatic heterocycles. The van der Waals surface area contributed by atoms with Crippen molar-refractivity contribution in [1.82, 2.24) is 4.57 Å². The van der Waals surface area contributed by atoms with Gasteiger partial charge in [-0.1, -0.05) is 11.3 Å². The van der Waals surface area contributed by atoms with E-state index in [4.69, 9.17) is 4.74 Å². The third-order valence-corrected chi connectivity index (χ3v) is 6.10. The molecule has 0 fully saturated rings. The normalized spacial score (nSPS) is 11.5. The van der Waals surface area contributed by atoms with Gasteiger partial charge in [0.05, 0.1) is 35.1 Å². The second kappa shape index (κ2) is 10.4. The Kier molecular flexibility index (Phi) is 7.64. The van der Waals surface area contributed by atoms with Gasteiger partial charge in [-0.05, 0) is 55.6 Å². The van der Waals surface area contributed by atoms with Crippen LogP contribution in [-0.4, -0.2) is 48.1 Å². The summed E-state index contributed by atoms with van der Waals surface area (Å²) >= 11 is 3.04. The van der Waals surface area contributed by atoms with Crippen LogP contribution in [0.2, 0.25) is 0 Å². The van der Waals surface area contributed by atoms with E-state index in [9.17, 15) is 14.4 Å². The zero-order chi connectivity index (χ0) is 22.4. The molecule has 0 atom stereocenters. The molecule has 0 unspecified atom stereocenters. The Hall–Kier alpha value is -2.91. The number of benzene rings is 2. The van der Waals surface area contributed by atoms with E-state index in [-0.39, 0.29) is 5.97 Å². The zero-order valence-corrected chi connectivity index (χ0v) is 19.0. The number of rotatable bonds is 7. The van der Waals surface area contributed by atoms with E-state index < -0.39 is 11.9 Å². The number of esters is 2. The molecule has 3 aromatic rings. The topological polar surface area (TPSA) is 87.0 Å². The minimum Gasteiger partial charge on any atom is -0.465 e. The number of nitrogens with zero attached hydrogens (tertiary/aromatic N) is 2. The summed E-state index contributed by atoms with van der Waals surface area (Å²) < 4.78 is 12.6. The van der Waals surface area contributed by atoms with Crippen LogP contribution in [0.4, 0.5) is 0 Å². The lowest BCUT2D eigenvalue weighted by molar-refractivity contribution is 0.0525. The Morgan fingerprint density at radius 2 is 1.71 bits per heavy atom. The average molecular weight is 459 g/mol. The van der Waals surface area contributed by atoms with Gasteiger partial charge >= 0.3 is 11.9 Å². The Labute approximate surface area is 187 Å². The fourth-order valence-corrected chi connectivity index (χ4v) is 4.38. The molecule has 0 spiro atoms. The molecule has 0 radical (unpaired) electrons. The highest BCUT2D eigenvalue weighted by atomic mass is 32.2. The highest BCUT2D eigenvalue weighted by Gasteiger charge is 2.13. The number of aromatic nitrogens is 1. The van der Waals surface area contributed by atoms with Crippen molar-refractivity contribution in [2.24, 2.45) is 4.99 Å². The molecule has 2 aromatic carbocycles. The molecule has 0 saturated carbocycles. The van der Waals surface area contributed by atoms with Crippen molar-refractivity contribution in [1.29, 1.82) is 0 Å². The van der Waals surface area contributed by atoms with E-state index >= 15 is 0 Å². The van der Waals surface area contributed by atoms with E-state index in [0.717, 1.165) is 16.0 Å². The molecule has 0 bridgehead atoms. The molecule has 3 rings (SSSR count). The molecule has 1 heterocycles. The van der Waals surface area contributed by atoms with Gasteiger partial charge in [0.15, 0.2) is 4.80 Å². The van der Waals surface area contributed by atoms with Crippen LogP contribution >= 0.6 is 23.1 Å². The molecule has 31 heavy (non-hydrogen) atoms. The van der Waals surface area contributed by atoms with Crippen LogP contribution in [-0.2, 0) is 16.0 Å². The summed E-state index contributed by atoms with van der Waals surface area (Å²) in [6, 6.07) is 11.5. The van der Waals surface area contributed by atoms with Crippen LogP contribution in [0.25, 0.3) is 10.2 Å². The third-order valence-electron chi connectivity index (χ3n) is 4.46. The third kappa shape index (κ3) is 5.23. The van der Waals surface area contributed by atoms with E-state index in [0.29, 0.717) is 34.6 Å². The molecule has 162 valence electrons. The van der Waals surface area contributed by atoms with E-state index in [1.54, 1.807) is 43.0 Å². The monoisotopic (exact) mass is 458 g/mol. The van der Waals surface area contributed by atoms with E-state index in [1.165, 1.54) is 30.6 Å². The van der Waals surface area contributed by atoms with Gasteiger partial charge in [-0.2, -0.15) is 16.8 Å². The molecule has 1 amide bonds. The van der Waals surface area contributed by atoms with Gasteiger partial charge in [0.2, 0.25) is 0 Å². The summed E-state index contributed by atoms with van der Waals surface area (Å²) in [5.74, 6) is -0.409. The Bertz CT molecular complexity index is 1180. The van der Waals surface area contributed by atoms with Crippen LogP contribution < -0.4 is 4.80 Å². The van der Waals surface area contributed by atoms with Gasteiger partial charge < -0.3 is 14.0 Å². The quantitative estimate of drug-likeness (QED) is 0.501. The smallest absolute Gasteiger partial charge is 0.338 e. The number of carbonyl (C=O) groups is 3. The number of hydrogen-bond acceptors (Lipinski definition) is 7. The number of aryl methyl sites for hydroxylation is 1. The van der Waals surface area contributed by atoms with Gasteiger partial charge in [-0.3, -0.25) is 4.79 Å². The summed E-state index contributed by atoms with van der Waals surface area (Å²) in [6.45, 7) is 2.74. The van der Waals surface area contributed by atoms with Gasteiger partial charge in [0.25, 0.3) is 5.91 Å². The maximum absolute atomic E-state index is 12.8. The first-order valence-electron chi connectivity index (χ1n) is 9.55. The van der Waals surface area contributed by atoms with Crippen molar-refractivity contribution in [2.45, 2.75) is 13.5 Å². The van der Waals surface area contributed by atoms with E-state index in [2.05, 4.69) is 9.73 Å². The molecule has 0 aliphatic carbocycles. The summed E-state index contributed by atoms with van der Waals surface area (Å²) in [5.41, 5.74) is 2.10. The number of carbonyl (C=O) groups excluding carboxylic acids is 3. The van der Waals surface area contributed by atoms with Crippen molar-refractivity contribution in [3.63, 3.8) is 0 Å². The summed E-state index contributed by atoms with van der Waals surface area (Å²) in [7, 11) is 1.30. The molecule has 7 nitrogen and oxygen atoms in total. The minimum absolute atomic E-state index is 0.304. The lowest BCUT2D eigenvalue weighted by Crippen LogP contribution is -2.18.